The van der Waals surface area contributed by atoms with Crippen LogP contribution in [0.1, 0.15) is 27.2 Å². The number of carbonyl (C=O) groups excluding carboxylic acids is 1. The lowest BCUT2D eigenvalue weighted by atomic mass is 10.0. The molecule has 0 aliphatic carbocycles. The van der Waals surface area contributed by atoms with E-state index in [1.807, 2.05) is 75.4 Å². The molecule has 0 radical (unpaired) electrons. The summed E-state index contributed by atoms with van der Waals surface area (Å²) in [6.45, 7) is 6.07. The van der Waals surface area contributed by atoms with Crippen molar-refractivity contribution in [2.24, 2.45) is 4.74 Å². The second-order valence-electron chi connectivity index (χ2n) is 8.28. The van der Waals surface area contributed by atoms with Crippen molar-refractivity contribution in [2.75, 3.05) is 6.61 Å². The van der Waals surface area contributed by atoms with Gasteiger partial charge in [-0.05, 0) is 20.8 Å². The molecule has 3 aromatic rings. The SMILES string of the molecule is CCOC(=O)C1=C(N=P(c2ccccc2)(c2ccccc2)c2ccccc2)OC(C)(C)C1. The normalized spacial score (nSPS) is 15.2. The third-order valence-corrected chi connectivity index (χ3v) is 9.00. The van der Waals surface area contributed by atoms with Gasteiger partial charge in [0, 0.05) is 22.3 Å². The summed E-state index contributed by atoms with van der Waals surface area (Å²) in [6, 6.07) is 30.9. The molecule has 164 valence electrons. The van der Waals surface area contributed by atoms with E-state index in [9.17, 15) is 4.79 Å². The molecule has 32 heavy (non-hydrogen) atoms. The molecule has 0 unspecified atom stereocenters. The molecule has 0 fully saturated rings. The van der Waals surface area contributed by atoms with Crippen molar-refractivity contribution < 1.29 is 14.3 Å². The van der Waals surface area contributed by atoms with Gasteiger partial charge >= 0.3 is 5.97 Å². The maximum atomic E-state index is 12.8. The van der Waals surface area contributed by atoms with Crippen LogP contribution < -0.4 is 15.9 Å². The van der Waals surface area contributed by atoms with E-state index < -0.39 is 12.7 Å². The molecular weight excluding hydrogens is 417 g/mol. The first-order valence-corrected chi connectivity index (χ1v) is 12.6. The van der Waals surface area contributed by atoms with E-state index in [4.69, 9.17) is 14.2 Å². The van der Waals surface area contributed by atoms with Gasteiger partial charge in [-0.25, -0.2) is 9.54 Å². The fraction of sp³-hybridized carbons (Fsp3) is 0.222. The Kier molecular flexibility index (Phi) is 6.34. The Bertz CT molecular complexity index is 1070. The van der Waals surface area contributed by atoms with E-state index in [2.05, 4.69) is 36.4 Å². The second-order valence-corrected chi connectivity index (χ2v) is 11.3. The topological polar surface area (TPSA) is 47.9 Å². The molecule has 0 N–H and O–H groups in total. The van der Waals surface area contributed by atoms with Gasteiger partial charge in [-0.15, -0.1) is 0 Å². The standard InChI is InChI=1S/C27H28NO3P/c1-4-30-26(29)24-20-27(2,3)31-25(24)28-32(21-14-8-5-9-15-21,22-16-10-6-11-17-22)23-18-12-7-13-19-23/h5-19H,4,20H2,1-3H3. The molecule has 4 nitrogen and oxygen atoms in total. The second kappa shape index (κ2) is 9.18. The minimum Gasteiger partial charge on any atom is -0.471 e. The first kappa shape index (κ1) is 22.1. The van der Waals surface area contributed by atoms with Crippen LogP contribution in [0.3, 0.4) is 0 Å². The van der Waals surface area contributed by atoms with Crippen LogP contribution in [-0.2, 0) is 14.3 Å². The van der Waals surface area contributed by atoms with Crippen molar-refractivity contribution in [1.29, 1.82) is 0 Å². The summed E-state index contributed by atoms with van der Waals surface area (Å²) in [5, 5.41) is 3.30. The summed E-state index contributed by atoms with van der Waals surface area (Å²) in [5.74, 6) is 0.0300. The van der Waals surface area contributed by atoms with Crippen LogP contribution >= 0.6 is 7.05 Å². The van der Waals surface area contributed by atoms with E-state index in [0.717, 1.165) is 15.9 Å². The molecule has 1 aliphatic heterocycles. The Morgan fingerprint density at radius 2 is 1.31 bits per heavy atom. The maximum Gasteiger partial charge on any atom is 0.339 e. The lowest BCUT2D eigenvalue weighted by Gasteiger charge is -2.27. The quantitative estimate of drug-likeness (QED) is 0.390. The molecule has 0 bridgehead atoms. The van der Waals surface area contributed by atoms with Crippen molar-refractivity contribution in [1.82, 2.24) is 0 Å². The van der Waals surface area contributed by atoms with Crippen LogP contribution in [0.25, 0.3) is 0 Å². The van der Waals surface area contributed by atoms with Crippen molar-refractivity contribution >= 4 is 28.9 Å². The van der Waals surface area contributed by atoms with E-state index in [1.54, 1.807) is 0 Å². The van der Waals surface area contributed by atoms with Gasteiger partial charge in [0.25, 0.3) is 0 Å². The molecule has 0 atom stereocenters. The number of benzene rings is 3. The highest BCUT2D eigenvalue weighted by Crippen LogP contribution is 2.50. The fourth-order valence-corrected chi connectivity index (χ4v) is 7.49. The van der Waals surface area contributed by atoms with Crippen molar-refractivity contribution in [3.8, 4) is 0 Å². The number of ether oxygens (including phenoxy) is 2. The number of hydrogen-bond acceptors (Lipinski definition) is 4. The lowest BCUT2D eigenvalue weighted by Crippen LogP contribution is -2.26. The first-order chi connectivity index (χ1) is 15.5. The Morgan fingerprint density at radius 1 is 0.875 bits per heavy atom. The van der Waals surface area contributed by atoms with Gasteiger partial charge < -0.3 is 9.47 Å². The van der Waals surface area contributed by atoms with E-state index in [1.165, 1.54) is 0 Å². The van der Waals surface area contributed by atoms with Crippen LogP contribution in [0, 0.1) is 0 Å². The van der Waals surface area contributed by atoms with Gasteiger partial charge in [-0.1, -0.05) is 91.0 Å². The average Bonchev–Trinajstić information content (AvgIpc) is 3.13. The van der Waals surface area contributed by atoms with Crippen LogP contribution in [0.4, 0.5) is 0 Å². The Morgan fingerprint density at radius 3 is 1.72 bits per heavy atom. The van der Waals surface area contributed by atoms with Crippen LogP contribution in [-0.4, -0.2) is 18.2 Å². The van der Waals surface area contributed by atoms with Gasteiger partial charge in [0.2, 0.25) is 5.88 Å². The van der Waals surface area contributed by atoms with Crippen molar-refractivity contribution in [3.05, 3.63) is 102 Å². The maximum absolute atomic E-state index is 12.8. The zero-order valence-corrected chi connectivity index (χ0v) is 19.6. The molecule has 0 saturated carbocycles. The number of esters is 1. The highest BCUT2D eigenvalue weighted by atomic mass is 31.2. The number of nitrogens with zero attached hydrogens (tertiary/aromatic N) is 1. The van der Waals surface area contributed by atoms with Gasteiger partial charge in [-0.3, -0.25) is 0 Å². The average molecular weight is 445 g/mol. The van der Waals surface area contributed by atoms with Gasteiger partial charge in [0.05, 0.1) is 13.7 Å². The molecule has 0 aromatic heterocycles. The van der Waals surface area contributed by atoms with Gasteiger partial charge in [0.15, 0.2) is 0 Å². The molecule has 3 aromatic carbocycles. The summed E-state index contributed by atoms with van der Waals surface area (Å²) in [6.07, 6.45) is 0.461. The highest BCUT2D eigenvalue weighted by molar-refractivity contribution is 7.87. The summed E-state index contributed by atoms with van der Waals surface area (Å²) < 4.78 is 17.0. The predicted molar refractivity (Wildman–Crippen MR) is 131 cm³/mol. The predicted octanol–water partition coefficient (Wildman–Crippen LogP) is 5.14. The third-order valence-electron chi connectivity index (χ3n) is 5.39. The molecule has 1 aliphatic rings. The summed E-state index contributed by atoms with van der Waals surface area (Å²) >= 11 is 0. The third kappa shape index (κ3) is 4.28. The molecule has 0 amide bonds. The summed E-state index contributed by atoms with van der Waals surface area (Å²) in [7, 11) is -2.52. The van der Waals surface area contributed by atoms with Gasteiger partial charge in [0.1, 0.15) is 11.2 Å². The van der Waals surface area contributed by atoms with Crippen molar-refractivity contribution in [3.63, 3.8) is 0 Å². The Balaban J connectivity index is 2.09. The monoisotopic (exact) mass is 445 g/mol. The smallest absolute Gasteiger partial charge is 0.339 e. The van der Waals surface area contributed by atoms with Crippen molar-refractivity contribution in [2.45, 2.75) is 32.8 Å². The fourth-order valence-electron chi connectivity index (χ4n) is 4.01. The highest BCUT2D eigenvalue weighted by Gasteiger charge is 2.39. The molecular formula is C27H28NO3P. The molecule has 1 heterocycles. The zero-order valence-electron chi connectivity index (χ0n) is 18.7. The van der Waals surface area contributed by atoms with Gasteiger partial charge in [-0.2, -0.15) is 0 Å². The summed E-state index contributed by atoms with van der Waals surface area (Å²) in [5.41, 5.74) is -0.0234. The number of rotatable bonds is 6. The van der Waals surface area contributed by atoms with E-state index >= 15 is 0 Å². The zero-order chi connectivity index (χ0) is 22.6. The largest absolute Gasteiger partial charge is 0.471 e. The lowest BCUT2D eigenvalue weighted by molar-refractivity contribution is -0.138. The van der Waals surface area contributed by atoms with E-state index in [0.29, 0.717) is 24.5 Å². The number of carbonyl (C=O) groups is 1. The molecule has 5 heteroatoms. The minimum atomic E-state index is -2.52. The summed E-state index contributed by atoms with van der Waals surface area (Å²) in [4.78, 5) is 12.8. The molecule has 4 rings (SSSR count). The Hall–Kier alpha value is -3.10. The molecule has 0 spiro atoms. The number of hydrogen-bond donors (Lipinski definition) is 0. The van der Waals surface area contributed by atoms with Crippen LogP contribution in [0.15, 0.2) is 107 Å². The first-order valence-electron chi connectivity index (χ1n) is 10.8. The molecule has 0 saturated heterocycles. The Labute approximate surface area is 190 Å². The van der Waals surface area contributed by atoms with Crippen LogP contribution in [0.2, 0.25) is 0 Å². The van der Waals surface area contributed by atoms with E-state index in [-0.39, 0.29) is 5.97 Å². The minimum absolute atomic E-state index is 0.312. The van der Waals surface area contributed by atoms with Crippen LogP contribution in [0.5, 0.6) is 0 Å².